The van der Waals surface area contributed by atoms with Gasteiger partial charge in [0.2, 0.25) is 0 Å². The van der Waals surface area contributed by atoms with E-state index >= 15 is 0 Å². The summed E-state index contributed by atoms with van der Waals surface area (Å²) in [5.74, 6) is 0.425. The number of nitrogens with one attached hydrogen (secondary N) is 1. The van der Waals surface area contributed by atoms with Crippen molar-refractivity contribution in [2.75, 3.05) is 18.1 Å². The second-order valence-corrected chi connectivity index (χ2v) is 10.3. The zero-order chi connectivity index (χ0) is 22.5. The molecule has 1 amide bonds. The van der Waals surface area contributed by atoms with Gasteiger partial charge in [0.05, 0.1) is 24.2 Å². The number of phenolic OH excluding ortho intramolecular Hbond substituents is 1. The van der Waals surface area contributed by atoms with E-state index in [1.807, 2.05) is 31.2 Å². The van der Waals surface area contributed by atoms with E-state index in [0.29, 0.717) is 41.3 Å². The van der Waals surface area contributed by atoms with Gasteiger partial charge in [-0.1, -0.05) is 24.3 Å². The van der Waals surface area contributed by atoms with E-state index in [0.717, 1.165) is 5.56 Å². The average Bonchev–Trinajstić information content (AvgIpc) is 3.42. The van der Waals surface area contributed by atoms with Gasteiger partial charge in [0.15, 0.2) is 9.84 Å². The Morgan fingerprint density at radius 3 is 2.75 bits per heavy atom. The number of hydrogen-bond donors (Lipinski definition) is 2. The molecule has 0 spiro atoms. The molecule has 2 N–H and O–H groups in total. The van der Waals surface area contributed by atoms with Crippen LogP contribution in [0.5, 0.6) is 11.5 Å². The van der Waals surface area contributed by atoms with Gasteiger partial charge in [-0.3, -0.25) is 9.89 Å². The number of aromatic amines is 1. The lowest BCUT2D eigenvalue weighted by molar-refractivity contribution is 0.0677. The molecule has 9 heteroatoms. The first-order chi connectivity index (χ1) is 15.4. The predicted octanol–water partition coefficient (Wildman–Crippen LogP) is 2.91. The van der Waals surface area contributed by atoms with Gasteiger partial charge in [-0.2, -0.15) is 5.10 Å². The lowest BCUT2D eigenvalue weighted by atomic mass is 9.95. The molecule has 5 rings (SSSR count). The van der Waals surface area contributed by atoms with Crippen molar-refractivity contribution < 1.29 is 23.1 Å². The monoisotopic (exact) mass is 453 g/mol. The molecular formula is C23H23N3O5S. The molecule has 1 aromatic heterocycles. The molecule has 3 aromatic rings. The molecule has 8 nitrogen and oxygen atoms in total. The molecule has 0 bridgehead atoms. The number of benzene rings is 2. The van der Waals surface area contributed by atoms with E-state index in [2.05, 4.69) is 10.2 Å². The Labute approximate surface area is 185 Å². The number of hydrogen-bond acceptors (Lipinski definition) is 6. The number of carbonyl (C=O) groups is 1. The lowest BCUT2D eigenvalue weighted by Crippen LogP contribution is -2.40. The zero-order valence-corrected chi connectivity index (χ0v) is 18.3. The third-order valence-corrected chi connectivity index (χ3v) is 7.80. The number of para-hydroxylation sites is 1. The summed E-state index contributed by atoms with van der Waals surface area (Å²) in [5, 5.41) is 17.6. The minimum Gasteiger partial charge on any atom is -0.507 e. The minimum absolute atomic E-state index is 0.0537. The van der Waals surface area contributed by atoms with E-state index < -0.39 is 21.9 Å². The van der Waals surface area contributed by atoms with Crippen LogP contribution in [0, 0.1) is 0 Å². The molecule has 2 aliphatic rings. The molecule has 2 atom stereocenters. The maximum absolute atomic E-state index is 13.5. The average molecular weight is 454 g/mol. The fourth-order valence-corrected chi connectivity index (χ4v) is 6.40. The molecule has 2 aliphatic heterocycles. The number of rotatable bonds is 5. The molecule has 166 valence electrons. The number of amides is 1. The molecule has 3 heterocycles. The SMILES string of the molecule is CCOc1cccc(C2c3c(-c4ccccc4O)n[nH]c3C(=O)N2C2CCS(=O)(=O)C2)c1. The van der Waals surface area contributed by atoms with Crippen molar-refractivity contribution in [2.45, 2.75) is 25.4 Å². The quantitative estimate of drug-likeness (QED) is 0.614. The maximum Gasteiger partial charge on any atom is 0.273 e. The van der Waals surface area contributed by atoms with Gasteiger partial charge in [-0.15, -0.1) is 0 Å². The van der Waals surface area contributed by atoms with Crippen LogP contribution in [0.1, 0.15) is 41.0 Å². The second-order valence-electron chi connectivity index (χ2n) is 8.06. The van der Waals surface area contributed by atoms with Gasteiger partial charge in [-0.25, -0.2) is 8.42 Å². The third kappa shape index (κ3) is 3.33. The normalized spacial score (nSPS) is 21.7. The van der Waals surface area contributed by atoms with Crippen LogP contribution < -0.4 is 4.74 Å². The van der Waals surface area contributed by atoms with Crippen molar-refractivity contribution in [2.24, 2.45) is 0 Å². The molecule has 1 saturated heterocycles. The molecule has 0 aliphatic carbocycles. The van der Waals surface area contributed by atoms with Crippen LogP contribution in [0.4, 0.5) is 0 Å². The highest BCUT2D eigenvalue weighted by molar-refractivity contribution is 7.91. The first-order valence-corrected chi connectivity index (χ1v) is 12.3. The van der Waals surface area contributed by atoms with Gasteiger partial charge in [0, 0.05) is 17.2 Å². The van der Waals surface area contributed by atoms with Crippen LogP contribution in [0.25, 0.3) is 11.3 Å². The number of sulfone groups is 1. The number of nitrogens with zero attached hydrogens (tertiary/aromatic N) is 2. The van der Waals surface area contributed by atoms with Crippen LogP contribution in [-0.4, -0.2) is 58.7 Å². The Morgan fingerprint density at radius 2 is 2.03 bits per heavy atom. The Kier molecular flexibility index (Phi) is 4.93. The lowest BCUT2D eigenvalue weighted by Gasteiger charge is -2.31. The van der Waals surface area contributed by atoms with E-state index in [1.165, 1.54) is 0 Å². The Morgan fingerprint density at radius 1 is 1.22 bits per heavy atom. The third-order valence-electron chi connectivity index (χ3n) is 6.05. The van der Waals surface area contributed by atoms with Crippen LogP contribution >= 0.6 is 0 Å². The molecule has 0 radical (unpaired) electrons. The van der Waals surface area contributed by atoms with Crippen molar-refractivity contribution >= 4 is 15.7 Å². The highest BCUT2D eigenvalue weighted by atomic mass is 32.2. The zero-order valence-electron chi connectivity index (χ0n) is 17.5. The highest BCUT2D eigenvalue weighted by Crippen LogP contribution is 2.46. The van der Waals surface area contributed by atoms with Gasteiger partial charge in [-0.05, 0) is 43.2 Å². The molecule has 2 unspecified atom stereocenters. The number of fused-ring (bicyclic) bond motifs is 1. The standard InChI is InChI=1S/C23H23N3O5S/c1-2-31-16-7-5-6-14(12-16)22-19-20(17-8-3-4-9-18(17)27)24-25-21(19)23(28)26(22)15-10-11-32(29,30)13-15/h3-9,12,15,22,27H,2,10-11,13H2,1H3,(H,24,25). The van der Waals surface area contributed by atoms with Crippen molar-refractivity contribution in [3.63, 3.8) is 0 Å². The topological polar surface area (TPSA) is 113 Å². The van der Waals surface area contributed by atoms with E-state index in [4.69, 9.17) is 4.74 Å². The Balaban J connectivity index is 1.69. The molecule has 32 heavy (non-hydrogen) atoms. The Hall–Kier alpha value is -3.33. The summed E-state index contributed by atoms with van der Waals surface area (Å²) in [6, 6.07) is 13.3. The van der Waals surface area contributed by atoms with Crippen molar-refractivity contribution in [1.29, 1.82) is 0 Å². The van der Waals surface area contributed by atoms with Crippen LogP contribution in [0.3, 0.4) is 0 Å². The van der Waals surface area contributed by atoms with Crippen LogP contribution in [0.2, 0.25) is 0 Å². The second kappa shape index (κ2) is 7.67. The fraction of sp³-hybridized carbons (Fsp3) is 0.304. The van der Waals surface area contributed by atoms with Gasteiger partial charge >= 0.3 is 0 Å². The number of carbonyl (C=O) groups excluding carboxylic acids is 1. The largest absolute Gasteiger partial charge is 0.507 e. The summed E-state index contributed by atoms with van der Waals surface area (Å²) in [5.41, 5.74) is 2.73. The van der Waals surface area contributed by atoms with E-state index in [9.17, 15) is 18.3 Å². The number of phenols is 1. The van der Waals surface area contributed by atoms with E-state index in [1.54, 1.807) is 29.2 Å². The smallest absolute Gasteiger partial charge is 0.273 e. The van der Waals surface area contributed by atoms with Crippen LogP contribution in [-0.2, 0) is 9.84 Å². The predicted molar refractivity (Wildman–Crippen MR) is 118 cm³/mol. The summed E-state index contributed by atoms with van der Waals surface area (Å²) >= 11 is 0. The van der Waals surface area contributed by atoms with Crippen molar-refractivity contribution in [3.8, 4) is 22.8 Å². The minimum atomic E-state index is -3.20. The molecular weight excluding hydrogens is 430 g/mol. The number of aromatic nitrogens is 2. The summed E-state index contributed by atoms with van der Waals surface area (Å²) in [7, 11) is -3.20. The van der Waals surface area contributed by atoms with E-state index in [-0.39, 0.29) is 23.2 Å². The first-order valence-electron chi connectivity index (χ1n) is 10.5. The summed E-state index contributed by atoms with van der Waals surface area (Å²) in [6.45, 7) is 2.39. The number of aromatic hydroxyl groups is 1. The van der Waals surface area contributed by atoms with Crippen molar-refractivity contribution in [3.05, 3.63) is 65.4 Å². The number of H-pyrrole nitrogens is 1. The van der Waals surface area contributed by atoms with Crippen molar-refractivity contribution in [1.82, 2.24) is 15.1 Å². The highest BCUT2D eigenvalue weighted by Gasteiger charge is 2.48. The summed E-state index contributed by atoms with van der Waals surface area (Å²) < 4.78 is 30.1. The molecule has 1 fully saturated rings. The number of ether oxygens (including phenoxy) is 1. The maximum atomic E-state index is 13.5. The summed E-state index contributed by atoms with van der Waals surface area (Å²) in [6.07, 6.45) is 0.388. The first kappa shape index (κ1) is 20.6. The van der Waals surface area contributed by atoms with Gasteiger partial charge in [0.1, 0.15) is 22.9 Å². The summed E-state index contributed by atoms with van der Waals surface area (Å²) in [4.78, 5) is 15.1. The van der Waals surface area contributed by atoms with Crippen LogP contribution in [0.15, 0.2) is 48.5 Å². The molecule has 2 aromatic carbocycles. The fourth-order valence-electron chi connectivity index (χ4n) is 4.68. The van der Waals surface area contributed by atoms with Gasteiger partial charge in [0.25, 0.3) is 5.91 Å². The Bertz CT molecular complexity index is 1300. The molecule has 0 saturated carbocycles. The van der Waals surface area contributed by atoms with Gasteiger partial charge < -0.3 is 14.7 Å².